The van der Waals surface area contributed by atoms with Crippen LogP contribution in [0, 0.1) is 18.2 Å². The first-order chi connectivity index (χ1) is 20.9. The number of terminal acetylenes is 1. The topological polar surface area (TPSA) is 73.8 Å². The van der Waals surface area contributed by atoms with E-state index in [2.05, 4.69) is 26.0 Å². The van der Waals surface area contributed by atoms with Gasteiger partial charge in [-0.25, -0.2) is 8.78 Å². The molecule has 8 rings (SSSR count). The summed E-state index contributed by atoms with van der Waals surface area (Å²) in [5, 5.41) is 16.1. The number of halogens is 2. The van der Waals surface area contributed by atoms with Crippen molar-refractivity contribution in [3.8, 4) is 35.2 Å². The summed E-state index contributed by atoms with van der Waals surface area (Å²) in [6.07, 6.45) is 9.30. The van der Waals surface area contributed by atoms with Crippen LogP contribution in [0.15, 0.2) is 42.5 Å². The van der Waals surface area contributed by atoms with Gasteiger partial charge >= 0.3 is 6.01 Å². The van der Waals surface area contributed by atoms with Gasteiger partial charge in [-0.05, 0) is 67.4 Å². The number of hydrogen-bond acceptors (Lipinski definition) is 7. The molecule has 4 aliphatic heterocycles. The Hall–Kier alpha value is -4.00. The molecule has 7 nitrogen and oxygen atoms in total. The number of fused-ring (bicyclic) bond motifs is 5. The number of aromatic hydroxyl groups is 1. The molecule has 1 aromatic heterocycles. The first-order valence-electron chi connectivity index (χ1n) is 15.2. The highest BCUT2D eigenvalue weighted by atomic mass is 19.1. The number of hydrogen-bond donors (Lipinski definition) is 2. The van der Waals surface area contributed by atoms with Gasteiger partial charge in [-0.3, -0.25) is 4.90 Å². The molecule has 0 aliphatic carbocycles. The van der Waals surface area contributed by atoms with Gasteiger partial charge in [0.2, 0.25) is 0 Å². The molecule has 0 saturated carbocycles. The normalized spacial score (nSPS) is 26.7. The Morgan fingerprint density at radius 1 is 1.12 bits per heavy atom. The molecule has 0 radical (unpaired) electrons. The third kappa shape index (κ3) is 4.22. The van der Waals surface area contributed by atoms with E-state index in [4.69, 9.17) is 16.1 Å². The number of rotatable bonds is 5. The number of anilines is 1. The molecule has 3 aromatic carbocycles. The van der Waals surface area contributed by atoms with Crippen LogP contribution in [0.4, 0.5) is 14.6 Å². The van der Waals surface area contributed by atoms with Crippen LogP contribution in [-0.4, -0.2) is 76.6 Å². The smallest absolute Gasteiger partial charge is 0.319 e. The molecule has 4 aromatic rings. The SMILES string of the molecule is C#Cc1cccc2cc(O)cc(-c3ccc4c(N5C6CCC5CNC6)nc(OCC56CCCN5C[C@H](F)C6)nc4c3F)c12. The predicted octanol–water partition coefficient (Wildman–Crippen LogP) is 5.17. The van der Waals surface area contributed by atoms with Crippen molar-refractivity contribution in [2.45, 2.75) is 55.9 Å². The molecule has 9 heteroatoms. The summed E-state index contributed by atoms with van der Waals surface area (Å²) in [5.41, 5.74) is 1.17. The summed E-state index contributed by atoms with van der Waals surface area (Å²) in [6.45, 7) is 3.20. The molecule has 3 unspecified atom stereocenters. The fourth-order valence-corrected chi connectivity index (χ4v) is 8.11. The first kappa shape index (κ1) is 26.6. The maximum absolute atomic E-state index is 16.8. The largest absolute Gasteiger partial charge is 0.508 e. The van der Waals surface area contributed by atoms with E-state index in [0.717, 1.165) is 50.7 Å². The maximum Gasteiger partial charge on any atom is 0.319 e. The van der Waals surface area contributed by atoms with E-state index in [9.17, 15) is 9.50 Å². The zero-order valence-corrected chi connectivity index (χ0v) is 23.8. The van der Waals surface area contributed by atoms with Gasteiger partial charge in [0, 0.05) is 60.0 Å². The van der Waals surface area contributed by atoms with Crippen LogP contribution in [0.25, 0.3) is 32.8 Å². The Balaban J connectivity index is 1.29. The van der Waals surface area contributed by atoms with Crippen molar-refractivity contribution in [3.63, 3.8) is 0 Å². The number of nitrogens with one attached hydrogen (secondary N) is 1. The maximum atomic E-state index is 16.8. The number of benzene rings is 3. The average Bonchev–Trinajstić information content (AvgIpc) is 3.61. The Bertz CT molecular complexity index is 1790. The van der Waals surface area contributed by atoms with Crippen molar-refractivity contribution in [2.75, 3.05) is 37.7 Å². The Morgan fingerprint density at radius 2 is 1.95 bits per heavy atom. The summed E-state index contributed by atoms with van der Waals surface area (Å²) in [7, 11) is 0. The summed E-state index contributed by atoms with van der Waals surface area (Å²) in [5.74, 6) is 2.86. The van der Waals surface area contributed by atoms with Gasteiger partial charge in [-0.2, -0.15) is 9.97 Å². The van der Waals surface area contributed by atoms with Crippen LogP contribution in [0.5, 0.6) is 11.8 Å². The number of nitrogens with zero attached hydrogens (tertiary/aromatic N) is 4. The van der Waals surface area contributed by atoms with Crippen molar-refractivity contribution >= 4 is 27.5 Å². The highest BCUT2D eigenvalue weighted by Gasteiger charge is 2.49. The third-order valence-corrected chi connectivity index (χ3v) is 10.0. The molecule has 0 amide bonds. The highest BCUT2D eigenvalue weighted by Crippen LogP contribution is 2.43. The third-order valence-electron chi connectivity index (χ3n) is 10.0. The van der Waals surface area contributed by atoms with Crippen molar-refractivity contribution in [2.24, 2.45) is 0 Å². The molecule has 2 bridgehead atoms. The average molecular weight is 582 g/mol. The number of piperazine rings is 1. The molecule has 4 aliphatic rings. The summed E-state index contributed by atoms with van der Waals surface area (Å²) >= 11 is 0. The molecular weight excluding hydrogens is 548 g/mol. The Labute approximate surface area is 248 Å². The zero-order chi connectivity index (χ0) is 29.3. The minimum absolute atomic E-state index is 0.0177. The summed E-state index contributed by atoms with van der Waals surface area (Å²) in [4.78, 5) is 14.1. The highest BCUT2D eigenvalue weighted by molar-refractivity contribution is 6.04. The van der Waals surface area contributed by atoms with Gasteiger partial charge in [-0.1, -0.05) is 24.1 Å². The second kappa shape index (κ2) is 10.0. The van der Waals surface area contributed by atoms with Crippen molar-refractivity contribution in [1.82, 2.24) is 20.2 Å². The molecule has 4 atom stereocenters. The Morgan fingerprint density at radius 3 is 2.77 bits per heavy atom. The fraction of sp³-hybridized carbons (Fsp3) is 0.412. The molecule has 0 spiro atoms. The number of alkyl halides is 1. The second-order valence-corrected chi connectivity index (χ2v) is 12.5. The Kier molecular flexibility index (Phi) is 6.21. The van der Waals surface area contributed by atoms with E-state index in [1.165, 1.54) is 0 Å². The quantitative estimate of drug-likeness (QED) is 0.315. The van der Waals surface area contributed by atoms with Crippen LogP contribution in [0.1, 0.15) is 37.7 Å². The van der Waals surface area contributed by atoms with E-state index in [1.807, 2.05) is 24.3 Å². The lowest BCUT2D eigenvalue weighted by Gasteiger charge is -2.37. The number of ether oxygens (including phenoxy) is 1. The van der Waals surface area contributed by atoms with Gasteiger partial charge in [-0.15, -0.1) is 6.42 Å². The van der Waals surface area contributed by atoms with Crippen LogP contribution in [-0.2, 0) is 0 Å². The lowest BCUT2D eigenvalue weighted by molar-refractivity contribution is 0.107. The molecule has 43 heavy (non-hydrogen) atoms. The molecule has 5 heterocycles. The molecular formula is C34H33F2N5O2. The number of phenols is 1. The monoisotopic (exact) mass is 581 g/mol. The van der Waals surface area contributed by atoms with E-state index in [0.29, 0.717) is 40.7 Å². The lowest BCUT2D eigenvalue weighted by atomic mass is 9.93. The minimum atomic E-state index is -0.876. The van der Waals surface area contributed by atoms with E-state index in [-0.39, 0.29) is 47.1 Å². The van der Waals surface area contributed by atoms with Gasteiger partial charge in [0.1, 0.15) is 29.9 Å². The number of phenolic OH excluding ortho intramolecular Hbond substituents is 1. The number of aromatic nitrogens is 2. The zero-order valence-electron chi connectivity index (χ0n) is 23.8. The second-order valence-electron chi connectivity index (χ2n) is 12.5. The van der Waals surface area contributed by atoms with E-state index in [1.54, 1.807) is 18.2 Å². The fourth-order valence-electron chi connectivity index (χ4n) is 8.11. The van der Waals surface area contributed by atoms with Crippen LogP contribution in [0.3, 0.4) is 0 Å². The standard InChI is InChI=1S/C34H33F2N5O2/c1-2-20-5-3-6-21-13-25(42)14-28(29(20)21)26-9-10-27-31(30(26)36)38-33(39-32(27)41-23-7-8-24(41)17-37-16-23)43-19-34-11-4-12-40(34)18-22(35)15-34/h1,3,5-6,9-10,13-14,22-24,37,42H,4,7-8,11-12,15-19H2/t22-,23?,24?,34?/m1/s1. The van der Waals surface area contributed by atoms with Crippen LogP contribution >= 0.6 is 0 Å². The van der Waals surface area contributed by atoms with Gasteiger partial charge in [0.05, 0.1) is 5.54 Å². The van der Waals surface area contributed by atoms with Gasteiger partial charge in [0.15, 0.2) is 5.82 Å². The minimum Gasteiger partial charge on any atom is -0.508 e. The van der Waals surface area contributed by atoms with Crippen molar-refractivity contribution in [3.05, 3.63) is 53.8 Å². The summed E-state index contributed by atoms with van der Waals surface area (Å²) < 4.78 is 37.6. The van der Waals surface area contributed by atoms with Crippen molar-refractivity contribution < 1.29 is 18.6 Å². The van der Waals surface area contributed by atoms with Gasteiger partial charge < -0.3 is 20.1 Å². The van der Waals surface area contributed by atoms with Crippen LogP contribution in [0.2, 0.25) is 0 Å². The lowest BCUT2D eigenvalue weighted by Crippen LogP contribution is -2.52. The molecule has 4 fully saturated rings. The van der Waals surface area contributed by atoms with Crippen LogP contribution < -0.4 is 15.0 Å². The van der Waals surface area contributed by atoms with Gasteiger partial charge in [0.25, 0.3) is 0 Å². The summed E-state index contributed by atoms with van der Waals surface area (Å²) in [6, 6.07) is 12.8. The molecule has 220 valence electrons. The van der Waals surface area contributed by atoms with E-state index >= 15 is 4.39 Å². The van der Waals surface area contributed by atoms with Crippen molar-refractivity contribution in [1.29, 1.82) is 0 Å². The van der Waals surface area contributed by atoms with E-state index < -0.39 is 12.0 Å². The predicted molar refractivity (Wildman–Crippen MR) is 163 cm³/mol. The molecule has 2 N–H and O–H groups in total. The molecule has 4 saturated heterocycles. The first-order valence-corrected chi connectivity index (χ1v) is 15.2.